The second kappa shape index (κ2) is 5.61. The number of nitrogens with one attached hydrogen (secondary N) is 1. The molecule has 0 spiro atoms. The summed E-state index contributed by atoms with van der Waals surface area (Å²) in [6.45, 7) is 1.89. The third kappa shape index (κ3) is 2.98. The number of benzene rings is 1. The number of amides is 1. The summed E-state index contributed by atoms with van der Waals surface area (Å²) in [6, 6.07) is 3.49. The number of halogens is 1. The van der Waals surface area contributed by atoms with Gasteiger partial charge in [0.15, 0.2) is 0 Å². The molecule has 0 radical (unpaired) electrons. The molecule has 20 heavy (non-hydrogen) atoms. The summed E-state index contributed by atoms with van der Waals surface area (Å²) >= 11 is 0. The van der Waals surface area contributed by atoms with Crippen LogP contribution in [0.15, 0.2) is 18.2 Å². The van der Waals surface area contributed by atoms with Crippen molar-refractivity contribution in [3.63, 3.8) is 0 Å². The molecule has 0 aliphatic heterocycles. The molecule has 1 fully saturated rings. The van der Waals surface area contributed by atoms with Gasteiger partial charge in [0.1, 0.15) is 5.82 Å². The van der Waals surface area contributed by atoms with Gasteiger partial charge in [0.2, 0.25) is 5.91 Å². The summed E-state index contributed by atoms with van der Waals surface area (Å²) in [5, 5.41) is 11.4. The molecule has 2 N–H and O–H groups in total. The Bertz CT molecular complexity index is 536. The Morgan fingerprint density at radius 3 is 2.45 bits per heavy atom. The van der Waals surface area contributed by atoms with E-state index in [0.29, 0.717) is 0 Å². The first-order chi connectivity index (χ1) is 9.42. The van der Waals surface area contributed by atoms with E-state index in [2.05, 4.69) is 5.32 Å². The Balaban J connectivity index is 2.13. The second-order valence-corrected chi connectivity index (χ2v) is 5.58. The molecule has 1 saturated carbocycles. The van der Waals surface area contributed by atoms with Crippen LogP contribution in [-0.4, -0.2) is 17.0 Å². The van der Waals surface area contributed by atoms with Gasteiger partial charge in [-0.15, -0.1) is 0 Å². The molecule has 0 saturated heterocycles. The fraction of sp³-hybridized carbons (Fsp3) is 0.467. The lowest BCUT2D eigenvalue weighted by molar-refractivity contribution is -0.126. The van der Waals surface area contributed by atoms with Crippen LogP contribution in [0.1, 0.15) is 49.4 Å². The molecule has 0 atom stereocenters. The monoisotopic (exact) mass is 279 g/mol. The zero-order valence-corrected chi connectivity index (χ0v) is 11.4. The highest BCUT2D eigenvalue weighted by molar-refractivity contribution is 5.96. The molecule has 1 amide bonds. The van der Waals surface area contributed by atoms with E-state index in [0.717, 1.165) is 38.2 Å². The van der Waals surface area contributed by atoms with Gasteiger partial charge in [0.05, 0.1) is 11.3 Å². The number of hydrogen-bond acceptors (Lipinski definition) is 2. The quantitative estimate of drug-likeness (QED) is 0.890. The van der Waals surface area contributed by atoms with Crippen molar-refractivity contribution < 1.29 is 19.1 Å². The number of anilines is 1. The van der Waals surface area contributed by atoms with Gasteiger partial charge in [0, 0.05) is 5.41 Å². The molecule has 1 aliphatic rings. The molecule has 2 rings (SSSR count). The van der Waals surface area contributed by atoms with Crippen LogP contribution in [0, 0.1) is 11.2 Å². The number of aromatic carboxylic acids is 1. The van der Waals surface area contributed by atoms with Gasteiger partial charge in [0.25, 0.3) is 0 Å². The predicted octanol–water partition coefficient (Wildman–Crippen LogP) is 3.43. The number of carbonyl (C=O) groups is 2. The zero-order valence-electron chi connectivity index (χ0n) is 11.4. The molecule has 5 heteroatoms. The predicted molar refractivity (Wildman–Crippen MR) is 73.2 cm³/mol. The van der Waals surface area contributed by atoms with E-state index in [4.69, 9.17) is 5.11 Å². The maximum absolute atomic E-state index is 13.8. The fourth-order valence-electron chi connectivity index (χ4n) is 2.58. The number of carbonyl (C=O) groups excluding carboxylic acids is 1. The average Bonchev–Trinajstić information content (AvgIpc) is 2.41. The van der Waals surface area contributed by atoms with Crippen LogP contribution in [0.4, 0.5) is 10.1 Å². The lowest BCUT2D eigenvalue weighted by atomic mass is 9.75. The maximum atomic E-state index is 13.8. The zero-order chi connectivity index (χ0) is 14.8. The van der Waals surface area contributed by atoms with Crippen molar-refractivity contribution in [1.82, 2.24) is 0 Å². The first kappa shape index (κ1) is 14.5. The highest BCUT2D eigenvalue weighted by atomic mass is 19.1. The summed E-state index contributed by atoms with van der Waals surface area (Å²) in [6.07, 6.45) is 4.74. The lowest BCUT2D eigenvalue weighted by Gasteiger charge is -2.32. The normalized spacial score (nSPS) is 17.5. The molecular weight excluding hydrogens is 261 g/mol. The molecule has 1 aromatic carbocycles. The first-order valence-corrected chi connectivity index (χ1v) is 6.77. The largest absolute Gasteiger partial charge is 0.478 e. The van der Waals surface area contributed by atoms with Gasteiger partial charge < -0.3 is 10.4 Å². The molecule has 1 aliphatic carbocycles. The number of rotatable bonds is 3. The van der Waals surface area contributed by atoms with Gasteiger partial charge in [-0.25, -0.2) is 9.18 Å². The summed E-state index contributed by atoms with van der Waals surface area (Å²) in [4.78, 5) is 23.0. The topological polar surface area (TPSA) is 66.4 Å². The van der Waals surface area contributed by atoms with E-state index < -0.39 is 17.2 Å². The van der Waals surface area contributed by atoms with Crippen molar-refractivity contribution in [2.45, 2.75) is 39.0 Å². The van der Waals surface area contributed by atoms with E-state index >= 15 is 0 Å². The van der Waals surface area contributed by atoms with Gasteiger partial charge in [-0.2, -0.15) is 0 Å². The second-order valence-electron chi connectivity index (χ2n) is 5.58. The van der Waals surface area contributed by atoms with Crippen molar-refractivity contribution >= 4 is 17.6 Å². The minimum atomic E-state index is -1.19. The summed E-state index contributed by atoms with van der Waals surface area (Å²) in [5.74, 6) is -2.11. The van der Waals surface area contributed by atoms with Crippen molar-refractivity contribution in [3.8, 4) is 0 Å². The first-order valence-electron chi connectivity index (χ1n) is 6.77. The Kier molecular flexibility index (Phi) is 4.06. The van der Waals surface area contributed by atoms with Crippen LogP contribution in [0.3, 0.4) is 0 Å². The lowest BCUT2D eigenvalue weighted by Crippen LogP contribution is -2.35. The number of carboxylic acid groups (broad SMARTS) is 1. The molecular formula is C15H18FNO3. The maximum Gasteiger partial charge on any atom is 0.335 e. The van der Waals surface area contributed by atoms with Gasteiger partial charge >= 0.3 is 5.97 Å². The van der Waals surface area contributed by atoms with Crippen LogP contribution in [0.2, 0.25) is 0 Å². The van der Waals surface area contributed by atoms with Crippen molar-refractivity contribution in [2.24, 2.45) is 5.41 Å². The minimum absolute atomic E-state index is 0.0341. The third-order valence-electron chi connectivity index (χ3n) is 3.97. The fourth-order valence-corrected chi connectivity index (χ4v) is 2.58. The molecule has 4 nitrogen and oxygen atoms in total. The molecule has 108 valence electrons. The molecule has 0 unspecified atom stereocenters. The van der Waals surface area contributed by atoms with Crippen LogP contribution in [0.5, 0.6) is 0 Å². The highest BCUT2D eigenvalue weighted by Gasteiger charge is 2.34. The van der Waals surface area contributed by atoms with Gasteiger partial charge in [-0.3, -0.25) is 4.79 Å². The van der Waals surface area contributed by atoms with E-state index in [-0.39, 0.29) is 17.2 Å². The Morgan fingerprint density at radius 1 is 1.25 bits per heavy atom. The number of hydrogen-bond donors (Lipinski definition) is 2. The molecule has 0 aromatic heterocycles. The Morgan fingerprint density at radius 2 is 1.90 bits per heavy atom. The van der Waals surface area contributed by atoms with Crippen LogP contribution in [0.25, 0.3) is 0 Å². The minimum Gasteiger partial charge on any atom is -0.478 e. The van der Waals surface area contributed by atoms with Crippen LogP contribution < -0.4 is 5.32 Å². The molecule has 0 heterocycles. The smallest absolute Gasteiger partial charge is 0.335 e. The van der Waals surface area contributed by atoms with Crippen LogP contribution in [-0.2, 0) is 4.79 Å². The average molecular weight is 279 g/mol. The summed E-state index contributed by atoms with van der Waals surface area (Å²) < 4.78 is 13.8. The SMILES string of the molecule is CC1(C(=O)Nc2ccc(C(=O)O)cc2F)CCCCC1. The third-order valence-corrected chi connectivity index (χ3v) is 3.97. The van der Waals surface area contributed by atoms with E-state index in [9.17, 15) is 14.0 Å². The van der Waals surface area contributed by atoms with Gasteiger partial charge in [-0.05, 0) is 31.0 Å². The van der Waals surface area contributed by atoms with Crippen LogP contribution >= 0.6 is 0 Å². The molecule has 1 aromatic rings. The highest BCUT2D eigenvalue weighted by Crippen LogP contribution is 2.36. The standard InChI is InChI=1S/C15H18FNO3/c1-15(7-3-2-4-8-15)14(20)17-12-6-5-10(13(18)19)9-11(12)16/h5-6,9H,2-4,7-8H2,1H3,(H,17,20)(H,18,19). The number of carboxylic acids is 1. The summed E-state index contributed by atoms with van der Waals surface area (Å²) in [5.41, 5.74) is -0.563. The van der Waals surface area contributed by atoms with Crippen molar-refractivity contribution in [3.05, 3.63) is 29.6 Å². The van der Waals surface area contributed by atoms with E-state index in [1.807, 2.05) is 6.92 Å². The molecule has 0 bridgehead atoms. The van der Waals surface area contributed by atoms with E-state index in [1.165, 1.54) is 12.1 Å². The Hall–Kier alpha value is -1.91. The summed E-state index contributed by atoms with van der Waals surface area (Å²) in [7, 11) is 0. The Labute approximate surface area is 117 Å². The van der Waals surface area contributed by atoms with Crippen molar-refractivity contribution in [1.29, 1.82) is 0 Å². The van der Waals surface area contributed by atoms with Gasteiger partial charge in [-0.1, -0.05) is 26.2 Å². The van der Waals surface area contributed by atoms with Crippen molar-refractivity contribution in [2.75, 3.05) is 5.32 Å². The van der Waals surface area contributed by atoms with E-state index in [1.54, 1.807) is 0 Å².